The summed E-state index contributed by atoms with van der Waals surface area (Å²) >= 11 is 2.29. The summed E-state index contributed by atoms with van der Waals surface area (Å²) in [5, 5.41) is 0. The van der Waals surface area contributed by atoms with E-state index in [1.807, 2.05) is 18.2 Å². The van der Waals surface area contributed by atoms with E-state index in [-0.39, 0.29) is 11.8 Å². The maximum Gasteiger partial charge on any atom is 0.220 e. The molecule has 17 heavy (non-hydrogen) atoms. The van der Waals surface area contributed by atoms with Gasteiger partial charge in [-0.1, -0.05) is 0 Å². The summed E-state index contributed by atoms with van der Waals surface area (Å²) < 4.78 is 1.15. The Morgan fingerprint density at radius 3 is 2.53 bits per heavy atom. The molecule has 1 heterocycles. The number of benzene rings is 1. The van der Waals surface area contributed by atoms with Crippen LogP contribution in [0.25, 0.3) is 0 Å². The van der Waals surface area contributed by atoms with Crippen LogP contribution in [-0.4, -0.2) is 19.0 Å². The fourth-order valence-corrected chi connectivity index (χ4v) is 3.07. The molecular formula is C12H16IN3O. The van der Waals surface area contributed by atoms with Gasteiger partial charge >= 0.3 is 0 Å². The number of carbonyl (C=O) groups is 1. The Labute approximate surface area is 114 Å². The first-order valence-corrected chi connectivity index (χ1v) is 6.75. The molecule has 1 saturated heterocycles. The van der Waals surface area contributed by atoms with Gasteiger partial charge in [-0.3, -0.25) is 4.79 Å². The van der Waals surface area contributed by atoms with Gasteiger partial charge in [0, 0.05) is 28.3 Å². The fraction of sp³-hybridized carbons (Fsp3) is 0.417. The molecule has 4 nitrogen and oxygen atoms in total. The van der Waals surface area contributed by atoms with Crippen molar-refractivity contribution in [3.63, 3.8) is 0 Å². The lowest BCUT2D eigenvalue weighted by atomic mass is 9.96. The second-order valence-corrected chi connectivity index (χ2v) is 5.54. The zero-order valence-corrected chi connectivity index (χ0v) is 11.7. The average Bonchev–Trinajstić information content (AvgIpc) is 2.29. The van der Waals surface area contributed by atoms with Crippen LogP contribution in [0.5, 0.6) is 0 Å². The van der Waals surface area contributed by atoms with Crippen LogP contribution in [0.15, 0.2) is 18.2 Å². The van der Waals surface area contributed by atoms with Gasteiger partial charge in [0.15, 0.2) is 0 Å². The summed E-state index contributed by atoms with van der Waals surface area (Å²) in [6.07, 6.45) is 1.69. The highest BCUT2D eigenvalue weighted by atomic mass is 127. The van der Waals surface area contributed by atoms with Crippen LogP contribution in [0.4, 0.5) is 11.4 Å². The standard InChI is InChI=1S/C12H16IN3O/c13-10-7-9(14)1-2-11(10)16-5-3-8(4-6-16)12(15)17/h1-2,7-8H,3-6,14H2,(H2,15,17). The molecule has 1 aromatic rings. The smallest absolute Gasteiger partial charge is 0.220 e. The number of rotatable bonds is 2. The minimum atomic E-state index is -0.170. The van der Waals surface area contributed by atoms with Crippen molar-refractivity contribution in [3.8, 4) is 0 Å². The Kier molecular flexibility index (Phi) is 3.76. The van der Waals surface area contributed by atoms with E-state index in [0.29, 0.717) is 0 Å². The molecule has 0 unspecified atom stereocenters. The molecule has 0 aromatic heterocycles. The molecule has 0 radical (unpaired) electrons. The second-order valence-electron chi connectivity index (χ2n) is 4.37. The molecule has 1 aliphatic rings. The molecule has 92 valence electrons. The third-order valence-electron chi connectivity index (χ3n) is 3.21. The zero-order valence-electron chi connectivity index (χ0n) is 9.53. The minimum absolute atomic E-state index is 0.0395. The van der Waals surface area contributed by atoms with Gasteiger partial charge in [0.05, 0.1) is 5.69 Å². The van der Waals surface area contributed by atoms with Gasteiger partial charge < -0.3 is 16.4 Å². The molecule has 1 amide bonds. The van der Waals surface area contributed by atoms with Crippen molar-refractivity contribution < 1.29 is 4.79 Å². The molecule has 5 heteroatoms. The summed E-state index contributed by atoms with van der Waals surface area (Å²) in [5.41, 5.74) is 13.0. The van der Waals surface area contributed by atoms with Crippen LogP contribution in [0.1, 0.15) is 12.8 Å². The first-order chi connectivity index (χ1) is 8.08. The van der Waals surface area contributed by atoms with Crippen molar-refractivity contribution in [2.24, 2.45) is 11.7 Å². The highest BCUT2D eigenvalue weighted by molar-refractivity contribution is 14.1. The number of primary amides is 1. The van der Waals surface area contributed by atoms with Crippen LogP contribution in [-0.2, 0) is 4.79 Å². The predicted octanol–water partition coefficient (Wildman–Crippen LogP) is 1.58. The maximum absolute atomic E-state index is 11.1. The number of hydrogen-bond donors (Lipinski definition) is 2. The molecule has 1 aromatic carbocycles. The number of nitrogens with two attached hydrogens (primary N) is 2. The van der Waals surface area contributed by atoms with E-state index < -0.39 is 0 Å². The van der Waals surface area contributed by atoms with Gasteiger partial charge in [-0.05, 0) is 53.6 Å². The number of nitrogen functional groups attached to an aromatic ring is 1. The van der Waals surface area contributed by atoms with E-state index in [0.717, 1.165) is 35.2 Å². The number of halogens is 1. The van der Waals surface area contributed by atoms with Crippen molar-refractivity contribution in [1.29, 1.82) is 0 Å². The van der Waals surface area contributed by atoms with Gasteiger partial charge in [-0.2, -0.15) is 0 Å². The lowest BCUT2D eigenvalue weighted by Gasteiger charge is -2.33. The topological polar surface area (TPSA) is 72.4 Å². The van der Waals surface area contributed by atoms with Crippen LogP contribution in [0.2, 0.25) is 0 Å². The third kappa shape index (κ3) is 2.83. The molecule has 0 aliphatic carbocycles. The van der Waals surface area contributed by atoms with Crippen molar-refractivity contribution in [3.05, 3.63) is 21.8 Å². The summed E-state index contributed by atoms with van der Waals surface area (Å²) in [6.45, 7) is 1.76. The molecule has 1 aliphatic heterocycles. The number of nitrogens with zero attached hydrogens (tertiary/aromatic N) is 1. The monoisotopic (exact) mass is 345 g/mol. The number of carbonyl (C=O) groups excluding carboxylic acids is 1. The molecule has 0 bridgehead atoms. The Hall–Kier alpha value is -0.980. The van der Waals surface area contributed by atoms with E-state index in [9.17, 15) is 4.79 Å². The van der Waals surface area contributed by atoms with Crippen molar-refractivity contribution in [2.75, 3.05) is 23.7 Å². The summed E-state index contributed by atoms with van der Waals surface area (Å²) in [6, 6.07) is 5.93. The zero-order chi connectivity index (χ0) is 12.4. The van der Waals surface area contributed by atoms with Gasteiger partial charge in [0.25, 0.3) is 0 Å². The van der Waals surface area contributed by atoms with Crippen LogP contribution in [0.3, 0.4) is 0 Å². The van der Waals surface area contributed by atoms with E-state index in [2.05, 4.69) is 27.5 Å². The fourth-order valence-electron chi connectivity index (χ4n) is 2.18. The third-order valence-corrected chi connectivity index (χ3v) is 4.07. The molecule has 4 N–H and O–H groups in total. The lowest BCUT2D eigenvalue weighted by Crippen LogP contribution is -2.38. The Morgan fingerprint density at radius 2 is 2.00 bits per heavy atom. The first kappa shape index (κ1) is 12.5. The number of anilines is 2. The molecule has 0 spiro atoms. The van der Waals surface area contributed by atoms with Crippen molar-refractivity contribution in [2.45, 2.75) is 12.8 Å². The van der Waals surface area contributed by atoms with E-state index in [4.69, 9.17) is 11.5 Å². The Balaban J connectivity index is 2.08. The predicted molar refractivity (Wildman–Crippen MR) is 77.7 cm³/mol. The average molecular weight is 345 g/mol. The number of hydrogen-bond acceptors (Lipinski definition) is 3. The minimum Gasteiger partial charge on any atom is -0.399 e. The SMILES string of the molecule is NC(=O)C1CCN(c2ccc(N)cc2I)CC1. The normalized spacial score (nSPS) is 17.1. The lowest BCUT2D eigenvalue weighted by molar-refractivity contribution is -0.122. The summed E-state index contributed by atoms with van der Waals surface area (Å²) in [7, 11) is 0. The number of amides is 1. The first-order valence-electron chi connectivity index (χ1n) is 5.67. The number of piperidine rings is 1. The molecule has 0 atom stereocenters. The van der Waals surface area contributed by atoms with E-state index >= 15 is 0 Å². The van der Waals surface area contributed by atoms with Crippen molar-refractivity contribution in [1.82, 2.24) is 0 Å². The van der Waals surface area contributed by atoms with Crippen LogP contribution >= 0.6 is 22.6 Å². The maximum atomic E-state index is 11.1. The van der Waals surface area contributed by atoms with Gasteiger partial charge in [-0.15, -0.1) is 0 Å². The summed E-state index contributed by atoms with van der Waals surface area (Å²) in [4.78, 5) is 13.4. The van der Waals surface area contributed by atoms with Gasteiger partial charge in [0.1, 0.15) is 0 Å². The molecule has 1 fully saturated rings. The quantitative estimate of drug-likeness (QED) is 0.631. The second kappa shape index (κ2) is 5.12. The molecule has 0 saturated carbocycles. The van der Waals surface area contributed by atoms with Gasteiger partial charge in [0.2, 0.25) is 5.91 Å². The Morgan fingerprint density at radius 1 is 1.35 bits per heavy atom. The largest absolute Gasteiger partial charge is 0.399 e. The van der Waals surface area contributed by atoms with E-state index in [1.165, 1.54) is 5.69 Å². The van der Waals surface area contributed by atoms with Gasteiger partial charge in [-0.25, -0.2) is 0 Å². The van der Waals surface area contributed by atoms with Crippen LogP contribution < -0.4 is 16.4 Å². The highest BCUT2D eigenvalue weighted by Gasteiger charge is 2.23. The van der Waals surface area contributed by atoms with Crippen LogP contribution in [0, 0.1) is 9.49 Å². The van der Waals surface area contributed by atoms with E-state index in [1.54, 1.807) is 0 Å². The highest BCUT2D eigenvalue weighted by Crippen LogP contribution is 2.28. The summed E-state index contributed by atoms with van der Waals surface area (Å²) in [5.74, 6) is -0.130. The molecular weight excluding hydrogens is 329 g/mol. The van der Waals surface area contributed by atoms with Crippen molar-refractivity contribution >= 4 is 39.9 Å². The molecule has 2 rings (SSSR count). The Bertz CT molecular complexity index is 428.